The zero-order valence-corrected chi connectivity index (χ0v) is 9.51. The van der Waals surface area contributed by atoms with Gasteiger partial charge < -0.3 is 15.8 Å². The van der Waals surface area contributed by atoms with Gasteiger partial charge in [0.2, 0.25) is 0 Å². The molecule has 1 saturated carbocycles. The number of nitrogens with two attached hydrogens (primary N) is 1. The molecule has 0 unspecified atom stereocenters. The number of nitrogens with zero attached hydrogens (tertiary/aromatic N) is 1. The van der Waals surface area contributed by atoms with Gasteiger partial charge in [0.1, 0.15) is 5.82 Å². The van der Waals surface area contributed by atoms with Crippen LogP contribution >= 0.6 is 12.2 Å². The summed E-state index contributed by atoms with van der Waals surface area (Å²) >= 11 is 4.96. The van der Waals surface area contributed by atoms with Crippen LogP contribution in [0.1, 0.15) is 36.4 Å². The Labute approximate surface area is 97.7 Å². The van der Waals surface area contributed by atoms with Crippen LogP contribution in [0.5, 0.6) is 0 Å². The number of aromatic amines is 1. The molecule has 0 bridgehead atoms. The molecule has 1 heterocycles. The number of carboxylic acid groups (broad SMARTS) is 1. The molecule has 86 valence electrons. The van der Waals surface area contributed by atoms with Gasteiger partial charge >= 0.3 is 5.97 Å². The van der Waals surface area contributed by atoms with Gasteiger partial charge in [-0.05, 0) is 31.0 Å². The molecule has 6 heteroatoms. The fourth-order valence-electron chi connectivity index (χ4n) is 1.92. The van der Waals surface area contributed by atoms with Crippen molar-refractivity contribution in [2.45, 2.75) is 31.6 Å². The predicted octanol–water partition coefficient (Wildman–Crippen LogP) is 1.62. The summed E-state index contributed by atoms with van der Waals surface area (Å²) in [5, 5.41) is 8.83. The lowest BCUT2D eigenvalue weighted by Gasteiger charge is -2.27. The van der Waals surface area contributed by atoms with E-state index in [2.05, 4.69) is 9.97 Å². The number of H-pyrrole nitrogens is 1. The molecule has 1 fully saturated rings. The van der Waals surface area contributed by atoms with Crippen LogP contribution in [-0.2, 0) is 11.2 Å². The average molecular weight is 239 g/mol. The first-order valence-corrected chi connectivity index (χ1v) is 5.59. The number of carboxylic acids is 1. The minimum Gasteiger partial charge on any atom is -0.481 e. The third-order valence-electron chi connectivity index (χ3n) is 2.94. The Morgan fingerprint density at radius 3 is 2.81 bits per heavy atom. The standard InChI is InChI=1S/C10H13N3O2S/c11-9-6(4-7(14)15)8(5-2-1-3-5)12-10(16)13-9/h5H,1-4H2,(H,14,15)(H3,11,12,13,16). The van der Waals surface area contributed by atoms with Crippen molar-refractivity contribution in [2.75, 3.05) is 5.73 Å². The molecular formula is C10H13N3O2S. The van der Waals surface area contributed by atoms with Crippen molar-refractivity contribution in [2.24, 2.45) is 0 Å². The molecule has 0 spiro atoms. The fourth-order valence-corrected chi connectivity index (χ4v) is 2.12. The van der Waals surface area contributed by atoms with Gasteiger partial charge in [0.15, 0.2) is 4.77 Å². The topological polar surface area (TPSA) is 92.0 Å². The minimum absolute atomic E-state index is 0.100. The van der Waals surface area contributed by atoms with Crippen LogP contribution in [-0.4, -0.2) is 21.0 Å². The maximum atomic E-state index is 10.8. The van der Waals surface area contributed by atoms with E-state index in [0.29, 0.717) is 16.3 Å². The van der Waals surface area contributed by atoms with Crippen LogP contribution in [0.25, 0.3) is 0 Å². The van der Waals surface area contributed by atoms with Crippen molar-refractivity contribution in [3.63, 3.8) is 0 Å². The van der Waals surface area contributed by atoms with E-state index in [0.717, 1.165) is 18.5 Å². The molecule has 1 aromatic heterocycles. The van der Waals surface area contributed by atoms with E-state index in [1.54, 1.807) is 0 Å². The molecule has 1 aliphatic rings. The predicted molar refractivity (Wildman–Crippen MR) is 61.8 cm³/mol. The van der Waals surface area contributed by atoms with E-state index in [1.165, 1.54) is 6.42 Å². The SMILES string of the molecule is Nc1nc(=S)[nH]c(C2CCC2)c1CC(=O)O. The van der Waals surface area contributed by atoms with Gasteiger partial charge in [-0.15, -0.1) is 0 Å². The van der Waals surface area contributed by atoms with Crippen molar-refractivity contribution < 1.29 is 9.90 Å². The zero-order chi connectivity index (χ0) is 11.7. The highest BCUT2D eigenvalue weighted by Gasteiger charge is 2.25. The molecule has 1 aromatic rings. The molecule has 0 atom stereocenters. The van der Waals surface area contributed by atoms with Crippen molar-refractivity contribution in [1.29, 1.82) is 0 Å². The summed E-state index contributed by atoms with van der Waals surface area (Å²) in [6.45, 7) is 0. The van der Waals surface area contributed by atoms with E-state index >= 15 is 0 Å². The molecule has 5 nitrogen and oxygen atoms in total. The summed E-state index contributed by atoms with van der Waals surface area (Å²) in [4.78, 5) is 17.6. The number of rotatable bonds is 3. The second-order valence-electron chi connectivity index (χ2n) is 4.02. The van der Waals surface area contributed by atoms with Gasteiger partial charge in [-0.1, -0.05) is 6.42 Å². The third kappa shape index (κ3) is 2.06. The van der Waals surface area contributed by atoms with Crippen LogP contribution in [0.2, 0.25) is 0 Å². The first-order chi connectivity index (χ1) is 7.58. The molecule has 0 amide bonds. The minimum atomic E-state index is -0.903. The summed E-state index contributed by atoms with van der Waals surface area (Å²) in [6, 6.07) is 0. The summed E-state index contributed by atoms with van der Waals surface area (Å²) in [5.41, 5.74) is 7.18. The van der Waals surface area contributed by atoms with E-state index in [4.69, 9.17) is 23.1 Å². The number of aliphatic carboxylic acids is 1. The van der Waals surface area contributed by atoms with Gasteiger partial charge in [0, 0.05) is 11.3 Å². The van der Waals surface area contributed by atoms with Crippen molar-refractivity contribution in [3.05, 3.63) is 16.0 Å². The Kier molecular flexibility index (Phi) is 2.91. The molecule has 0 aromatic carbocycles. The lowest BCUT2D eigenvalue weighted by atomic mass is 9.81. The highest BCUT2D eigenvalue weighted by Crippen LogP contribution is 2.37. The van der Waals surface area contributed by atoms with Crippen LogP contribution in [0.4, 0.5) is 5.82 Å². The lowest BCUT2D eigenvalue weighted by Crippen LogP contribution is -2.18. The van der Waals surface area contributed by atoms with Gasteiger partial charge in [0.05, 0.1) is 6.42 Å². The molecule has 0 saturated heterocycles. The number of anilines is 1. The first-order valence-electron chi connectivity index (χ1n) is 5.18. The van der Waals surface area contributed by atoms with Crippen LogP contribution in [0, 0.1) is 4.77 Å². The van der Waals surface area contributed by atoms with Gasteiger partial charge in [0.25, 0.3) is 0 Å². The van der Waals surface area contributed by atoms with E-state index in [9.17, 15) is 4.79 Å². The third-order valence-corrected chi connectivity index (χ3v) is 3.13. The van der Waals surface area contributed by atoms with Gasteiger partial charge in [-0.2, -0.15) is 0 Å². The maximum absolute atomic E-state index is 10.8. The van der Waals surface area contributed by atoms with E-state index in [-0.39, 0.29) is 12.2 Å². The average Bonchev–Trinajstić information content (AvgIpc) is 2.07. The van der Waals surface area contributed by atoms with E-state index < -0.39 is 5.97 Å². The maximum Gasteiger partial charge on any atom is 0.308 e. The molecule has 16 heavy (non-hydrogen) atoms. The summed E-state index contributed by atoms with van der Waals surface area (Å²) in [7, 11) is 0. The Morgan fingerprint density at radius 1 is 1.62 bits per heavy atom. The number of nitrogen functional groups attached to an aromatic ring is 1. The Hall–Kier alpha value is -1.43. The summed E-state index contributed by atoms with van der Waals surface area (Å²) in [6.07, 6.45) is 3.18. The van der Waals surface area contributed by atoms with E-state index in [1.807, 2.05) is 0 Å². The lowest BCUT2D eigenvalue weighted by molar-refractivity contribution is -0.136. The summed E-state index contributed by atoms with van der Waals surface area (Å²) < 4.78 is 0.327. The summed E-state index contributed by atoms with van der Waals surface area (Å²) in [5.74, 6) is -0.297. The first kappa shape index (κ1) is 11.1. The second-order valence-corrected chi connectivity index (χ2v) is 4.40. The normalized spacial score (nSPS) is 15.8. The Morgan fingerprint density at radius 2 is 2.31 bits per heavy atom. The van der Waals surface area contributed by atoms with Crippen molar-refractivity contribution in [3.8, 4) is 0 Å². The number of hydrogen-bond donors (Lipinski definition) is 3. The molecule has 0 radical (unpaired) electrons. The molecule has 1 aliphatic carbocycles. The molecule has 2 rings (SSSR count). The number of hydrogen-bond acceptors (Lipinski definition) is 4. The number of nitrogens with one attached hydrogen (secondary N) is 1. The molecule has 0 aliphatic heterocycles. The second kappa shape index (κ2) is 4.21. The van der Waals surface area contributed by atoms with Crippen LogP contribution in [0.3, 0.4) is 0 Å². The van der Waals surface area contributed by atoms with Crippen molar-refractivity contribution >= 4 is 24.0 Å². The fraction of sp³-hybridized carbons (Fsp3) is 0.500. The van der Waals surface area contributed by atoms with Crippen molar-refractivity contribution in [1.82, 2.24) is 9.97 Å². The monoisotopic (exact) mass is 239 g/mol. The Bertz CT molecular complexity index is 479. The molecular weight excluding hydrogens is 226 g/mol. The Balaban J connectivity index is 2.45. The largest absolute Gasteiger partial charge is 0.481 e. The number of aromatic nitrogens is 2. The highest BCUT2D eigenvalue weighted by atomic mass is 32.1. The molecule has 4 N–H and O–H groups in total. The zero-order valence-electron chi connectivity index (χ0n) is 8.69. The smallest absolute Gasteiger partial charge is 0.308 e. The van der Waals surface area contributed by atoms with Gasteiger partial charge in [-0.3, -0.25) is 4.79 Å². The highest BCUT2D eigenvalue weighted by molar-refractivity contribution is 7.71. The van der Waals surface area contributed by atoms with Gasteiger partial charge in [-0.25, -0.2) is 4.98 Å². The quantitative estimate of drug-likeness (QED) is 0.697. The van der Waals surface area contributed by atoms with Crippen LogP contribution < -0.4 is 5.73 Å². The van der Waals surface area contributed by atoms with Crippen LogP contribution in [0.15, 0.2) is 0 Å². The number of carbonyl (C=O) groups is 1.